The number of hydrogen-bond acceptors (Lipinski definition) is 2. The summed E-state index contributed by atoms with van der Waals surface area (Å²) in [6.07, 6.45) is 7.91. The van der Waals surface area contributed by atoms with E-state index in [2.05, 4.69) is 11.0 Å². The third-order valence-corrected chi connectivity index (χ3v) is 2.08. The minimum absolute atomic E-state index is 0.221. The second kappa shape index (κ2) is 4.31. The SMILES string of the molecule is CC(C)C(O)CN1C=CC=CC1. The molecule has 2 heteroatoms. The molecule has 0 aromatic carbocycles. The first-order valence-corrected chi connectivity index (χ1v) is 4.45. The zero-order valence-electron chi connectivity index (χ0n) is 7.77. The maximum atomic E-state index is 9.58. The van der Waals surface area contributed by atoms with Crippen molar-refractivity contribution in [2.24, 2.45) is 5.92 Å². The zero-order valence-corrected chi connectivity index (χ0v) is 7.77. The fourth-order valence-corrected chi connectivity index (χ4v) is 1.09. The van der Waals surface area contributed by atoms with Crippen LogP contribution >= 0.6 is 0 Å². The van der Waals surface area contributed by atoms with Crippen LogP contribution in [0.15, 0.2) is 24.4 Å². The van der Waals surface area contributed by atoms with Crippen molar-refractivity contribution in [3.05, 3.63) is 24.4 Å². The third kappa shape index (κ3) is 2.70. The van der Waals surface area contributed by atoms with E-state index in [-0.39, 0.29) is 6.10 Å². The Balaban J connectivity index is 2.31. The van der Waals surface area contributed by atoms with Crippen molar-refractivity contribution in [3.63, 3.8) is 0 Å². The van der Waals surface area contributed by atoms with Crippen LogP contribution in [0.3, 0.4) is 0 Å². The van der Waals surface area contributed by atoms with Crippen LogP contribution in [-0.4, -0.2) is 29.2 Å². The summed E-state index contributed by atoms with van der Waals surface area (Å²) in [5, 5.41) is 9.58. The lowest BCUT2D eigenvalue weighted by molar-refractivity contribution is 0.0959. The lowest BCUT2D eigenvalue weighted by Crippen LogP contribution is -2.32. The highest BCUT2D eigenvalue weighted by molar-refractivity contribution is 5.08. The number of β-amino-alcohol motifs (C(OH)–C–C–N with tert-alkyl or cyclic N) is 1. The summed E-state index contributed by atoms with van der Waals surface area (Å²) < 4.78 is 0. The van der Waals surface area contributed by atoms with Crippen molar-refractivity contribution in [1.29, 1.82) is 0 Å². The summed E-state index contributed by atoms with van der Waals surface area (Å²) in [6.45, 7) is 5.72. The Kier molecular flexibility index (Phi) is 3.35. The molecule has 1 unspecified atom stereocenters. The van der Waals surface area contributed by atoms with E-state index in [1.54, 1.807) is 0 Å². The van der Waals surface area contributed by atoms with Gasteiger partial charge in [-0.2, -0.15) is 0 Å². The second-order valence-electron chi connectivity index (χ2n) is 3.53. The van der Waals surface area contributed by atoms with Gasteiger partial charge in [-0.15, -0.1) is 0 Å². The number of hydrogen-bond donors (Lipinski definition) is 1. The van der Waals surface area contributed by atoms with E-state index < -0.39 is 0 Å². The maximum absolute atomic E-state index is 9.58. The quantitative estimate of drug-likeness (QED) is 0.686. The van der Waals surface area contributed by atoms with Crippen LogP contribution in [0.2, 0.25) is 0 Å². The summed E-state index contributed by atoms with van der Waals surface area (Å²) in [7, 11) is 0. The van der Waals surface area contributed by atoms with Crippen LogP contribution in [-0.2, 0) is 0 Å². The number of rotatable bonds is 3. The van der Waals surface area contributed by atoms with E-state index in [0.717, 1.165) is 13.1 Å². The molecule has 0 radical (unpaired) electrons. The Labute approximate surface area is 74.2 Å². The molecule has 0 saturated heterocycles. The molecule has 2 nitrogen and oxygen atoms in total. The molecule has 0 bridgehead atoms. The summed E-state index contributed by atoms with van der Waals surface area (Å²) in [5.41, 5.74) is 0. The Bertz CT molecular complexity index is 184. The first-order chi connectivity index (χ1) is 5.70. The van der Waals surface area contributed by atoms with Gasteiger partial charge in [-0.3, -0.25) is 0 Å². The molecule has 1 N–H and O–H groups in total. The fourth-order valence-electron chi connectivity index (χ4n) is 1.09. The van der Waals surface area contributed by atoms with E-state index >= 15 is 0 Å². The van der Waals surface area contributed by atoms with Crippen LogP contribution in [0.25, 0.3) is 0 Å². The maximum Gasteiger partial charge on any atom is 0.0737 e. The largest absolute Gasteiger partial charge is 0.391 e. The van der Waals surface area contributed by atoms with Gasteiger partial charge in [0, 0.05) is 13.1 Å². The van der Waals surface area contributed by atoms with Gasteiger partial charge >= 0.3 is 0 Å². The first-order valence-electron chi connectivity index (χ1n) is 4.45. The van der Waals surface area contributed by atoms with Crippen LogP contribution in [0.1, 0.15) is 13.8 Å². The Hall–Kier alpha value is -0.760. The van der Waals surface area contributed by atoms with Gasteiger partial charge in [-0.25, -0.2) is 0 Å². The molecule has 0 aliphatic carbocycles. The van der Waals surface area contributed by atoms with Crippen LogP contribution in [0.5, 0.6) is 0 Å². The van der Waals surface area contributed by atoms with Crippen LogP contribution in [0, 0.1) is 5.92 Å². The average molecular weight is 167 g/mol. The highest BCUT2D eigenvalue weighted by atomic mass is 16.3. The van der Waals surface area contributed by atoms with Crippen molar-refractivity contribution in [1.82, 2.24) is 4.90 Å². The fraction of sp³-hybridized carbons (Fsp3) is 0.600. The Morgan fingerprint density at radius 3 is 2.67 bits per heavy atom. The van der Waals surface area contributed by atoms with E-state index in [9.17, 15) is 5.11 Å². The van der Waals surface area contributed by atoms with Gasteiger partial charge in [-0.05, 0) is 18.2 Å². The van der Waals surface area contributed by atoms with E-state index in [0.29, 0.717) is 5.92 Å². The molecular weight excluding hydrogens is 150 g/mol. The van der Waals surface area contributed by atoms with Gasteiger partial charge in [0.25, 0.3) is 0 Å². The Morgan fingerprint density at radius 2 is 2.17 bits per heavy atom. The van der Waals surface area contributed by atoms with E-state index in [1.165, 1.54) is 0 Å². The molecule has 0 aromatic heterocycles. The van der Waals surface area contributed by atoms with Gasteiger partial charge in [-0.1, -0.05) is 26.0 Å². The number of aliphatic hydroxyl groups excluding tert-OH is 1. The molecular formula is C10H17NO. The van der Waals surface area contributed by atoms with E-state index in [4.69, 9.17) is 0 Å². The normalized spacial score (nSPS) is 18.8. The van der Waals surface area contributed by atoms with Crippen molar-refractivity contribution < 1.29 is 5.11 Å². The predicted octanol–water partition coefficient (Wildman–Crippen LogP) is 1.39. The molecule has 1 aliphatic heterocycles. The van der Waals surface area contributed by atoms with E-state index in [1.807, 2.05) is 32.2 Å². The first kappa shape index (κ1) is 9.33. The van der Waals surface area contributed by atoms with Gasteiger partial charge in [0.15, 0.2) is 0 Å². The topological polar surface area (TPSA) is 23.5 Å². The van der Waals surface area contributed by atoms with Gasteiger partial charge in [0.1, 0.15) is 0 Å². The highest BCUT2D eigenvalue weighted by Crippen LogP contribution is 2.06. The zero-order chi connectivity index (χ0) is 8.97. The summed E-state index contributed by atoms with van der Waals surface area (Å²) in [4.78, 5) is 2.12. The lowest BCUT2D eigenvalue weighted by Gasteiger charge is -2.25. The predicted molar refractivity (Wildman–Crippen MR) is 50.7 cm³/mol. The molecule has 1 atom stereocenters. The lowest BCUT2D eigenvalue weighted by atomic mass is 10.1. The van der Waals surface area contributed by atoms with Crippen LogP contribution < -0.4 is 0 Å². The smallest absolute Gasteiger partial charge is 0.0737 e. The molecule has 1 aliphatic rings. The molecule has 0 saturated carbocycles. The average Bonchev–Trinajstić information content (AvgIpc) is 2.06. The minimum Gasteiger partial charge on any atom is -0.391 e. The molecule has 0 spiro atoms. The molecule has 0 aromatic rings. The van der Waals surface area contributed by atoms with Crippen molar-refractivity contribution in [3.8, 4) is 0 Å². The Morgan fingerprint density at radius 1 is 1.42 bits per heavy atom. The van der Waals surface area contributed by atoms with Crippen molar-refractivity contribution >= 4 is 0 Å². The van der Waals surface area contributed by atoms with Crippen molar-refractivity contribution in [2.75, 3.05) is 13.1 Å². The molecule has 1 rings (SSSR count). The standard InChI is InChI=1S/C10H17NO/c1-9(2)10(12)8-11-6-4-3-5-7-11/h3-6,9-10,12H,7-8H2,1-2H3. The number of aliphatic hydroxyl groups is 1. The molecule has 68 valence electrons. The van der Waals surface area contributed by atoms with Gasteiger partial charge in [0.2, 0.25) is 0 Å². The van der Waals surface area contributed by atoms with Gasteiger partial charge < -0.3 is 10.0 Å². The molecule has 0 fully saturated rings. The minimum atomic E-state index is -0.221. The summed E-state index contributed by atoms with van der Waals surface area (Å²) in [5.74, 6) is 0.337. The molecule has 0 amide bonds. The number of allylic oxidation sites excluding steroid dienone is 2. The molecule has 12 heavy (non-hydrogen) atoms. The third-order valence-electron chi connectivity index (χ3n) is 2.08. The van der Waals surface area contributed by atoms with Gasteiger partial charge in [0.05, 0.1) is 6.10 Å². The van der Waals surface area contributed by atoms with Crippen molar-refractivity contribution in [2.45, 2.75) is 20.0 Å². The highest BCUT2D eigenvalue weighted by Gasteiger charge is 2.11. The summed E-state index contributed by atoms with van der Waals surface area (Å²) in [6, 6.07) is 0. The van der Waals surface area contributed by atoms with Crippen LogP contribution in [0.4, 0.5) is 0 Å². The monoisotopic (exact) mass is 167 g/mol. The molecule has 1 heterocycles. The summed E-state index contributed by atoms with van der Waals surface area (Å²) >= 11 is 0. The number of nitrogens with zero attached hydrogens (tertiary/aromatic N) is 1. The second-order valence-corrected chi connectivity index (χ2v) is 3.53.